The minimum Gasteiger partial charge on any atom is -0.341 e. The molecule has 1 aliphatic rings. The summed E-state index contributed by atoms with van der Waals surface area (Å²) in [6.45, 7) is 1.77. The summed E-state index contributed by atoms with van der Waals surface area (Å²) in [4.78, 5) is 25.9. The minimum absolute atomic E-state index is 0.159. The maximum atomic E-state index is 12.8. The van der Waals surface area contributed by atoms with Crippen LogP contribution in [0.4, 0.5) is 5.69 Å². The molecule has 0 aromatic heterocycles. The Morgan fingerprint density at radius 1 is 1.30 bits per heavy atom. The van der Waals surface area contributed by atoms with Gasteiger partial charge in [0.1, 0.15) is 6.04 Å². The van der Waals surface area contributed by atoms with Crippen LogP contribution in [-0.4, -0.2) is 11.8 Å². The molecule has 1 atom stereocenters. The summed E-state index contributed by atoms with van der Waals surface area (Å²) in [6, 6.07) is 12.4. The number of halogens is 2. The van der Waals surface area contributed by atoms with Crippen molar-refractivity contribution < 1.29 is 9.59 Å². The maximum absolute atomic E-state index is 12.8. The van der Waals surface area contributed by atoms with Crippen molar-refractivity contribution in [3.8, 4) is 0 Å². The summed E-state index contributed by atoms with van der Waals surface area (Å²) in [5.74, 6) is -0.401. The number of hydrogen-bond acceptors (Lipinski definition) is 2. The van der Waals surface area contributed by atoms with Crippen molar-refractivity contribution in [2.24, 2.45) is 0 Å². The van der Waals surface area contributed by atoms with Gasteiger partial charge in [-0.3, -0.25) is 9.59 Å². The van der Waals surface area contributed by atoms with Gasteiger partial charge in [0.25, 0.3) is 5.91 Å². The molecule has 0 unspecified atom stereocenters. The van der Waals surface area contributed by atoms with Crippen LogP contribution in [0.15, 0.2) is 46.9 Å². The molecule has 118 valence electrons. The molecule has 0 saturated heterocycles. The lowest BCUT2D eigenvalue weighted by Crippen LogP contribution is -2.36. The Labute approximate surface area is 147 Å². The fourth-order valence-electron chi connectivity index (χ4n) is 2.71. The number of nitrogens with one attached hydrogen (secondary N) is 1. The van der Waals surface area contributed by atoms with Gasteiger partial charge >= 0.3 is 0 Å². The molecule has 1 aliphatic heterocycles. The third-order valence-electron chi connectivity index (χ3n) is 3.74. The minimum atomic E-state index is -0.664. The molecule has 0 spiro atoms. The van der Waals surface area contributed by atoms with Gasteiger partial charge in [-0.2, -0.15) is 0 Å². The summed E-state index contributed by atoms with van der Waals surface area (Å²) < 4.78 is 0.860. The first-order valence-corrected chi connectivity index (χ1v) is 8.26. The normalized spacial score (nSPS) is 16.4. The molecule has 4 nitrogen and oxygen atoms in total. The number of carbonyl (C=O) groups is 2. The van der Waals surface area contributed by atoms with E-state index < -0.39 is 6.04 Å². The first kappa shape index (κ1) is 16.0. The molecule has 0 radical (unpaired) electrons. The predicted octanol–water partition coefficient (Wildman–Crippen LogP) is 3.83. The number of benzene rings is 2. The Bertz CT molecular complexity index is 794. The fraction of sp³-hybridized carbons (Fsp3) is 0.176. The van der Waals surface area contributed by atoms with Gasteiger partial charge in [0.05, 0.1) is 6.54 Å². The van der Waals surface area contributed by atoms with Gasteiger partial charge in [-0.15, -0.1) is 0 Å². The van der Waals surface area contributed by atoms with Crippen LogP contribution in [0.3, 0.4) is 0 Å². The second-order valence-electron chi connectivity index (χ2n) is 5.35. The molecular weight excluding hydrogens is 380 g/mol. The van der Waals surface area contributed by atoms with Crippen molar-refractivity contribution in [3.05, 3.63) is 63.1 Å². The Kier molecular flexibility index (Phi) is 4.41. The summed E-state index contributed by atoms with van der Waals surface area (Å²) in [6.07, 6.45) is 0. The van der Waals surface area contributed by atoms with E-state index in [-0.39, 0.29) is 11.8 Å². The van der Waals surface area contributed by atoms with Crippen molar-refractivity contribution in [1.29, 1.82) is 0 Å². The van der Waals surface area contributed by atoms with E-state index >= 15 is 0 Å². The summed E-state index contributed by atoms with van der Waals surface area (Å²) >= 11 is 9.62. The predicted molar refractivity (Wildman–Crippen MR) is 93.3 cm³/mol. The van der Waals surface area contributed by atoms with Crippen LogP contribution in [0.25, 0.3) is 0 Å². The maximum Gasteiger partial charge on any atom is 0.254 e. The van der Waals surface area contributed by atoms with Crippen LogP contribution in [-0.2, 0) is 16.1 Å². The highest BCUT2D eigenvalue weighted by Crippen LogP contribution is 2.39. The van der Waals surface area contributed by atoms with E-state index in [1.807, 2.05) is 36.4 Å². The lowest BCUT2D eigenvalue weighted by atomic mass is 10.1. The number of rotatable bonds is 3. The highest BCUT2D eigenvalue weighted by molar-refractivity contribution is 9.10. The average molecular weight is 394 g/mol. The van der Waals surface area contributed by atoms with Crippen LogP contribution in [0.1, 0.15) is 24.1 Å². The Morgan fingerprint density at radius 2 is 2.04 bits per heavy atom. The number of carbonyl (C=O) groups excluding carboxylic acids is 2. The van der Waals surface area contributed by atoms with Gasteiger partial charge in [0.15, 0.2) is 0 Å². The molecule has 23 heavy (non-hydrogen) atoms. The van der Waals surface area contributed by atoms with Crippen LogP contribution >= 0.6 is 27.5 Å². The molecule has 2 amide bonds. The zero-order chi connectivity index (χ0) is 16.6. The Morgan fingerprint density at radius 3 is 2.74 bits per heavy atom. The van der Waals surface area contributed by atoms with Gasteiger partial charge < -0.3 is 10.2 Å². The smallest absolute Gasteiger partial charge is 0.254 e. The average Bonchev–Trinajstić information content (AvgIpc) is 2.74. The summed E-state index contributed by atoms with van der Waals surface area (Å²) in [5, 5.41) is 3.33. The van der Waals surface area contributed by atoms with E-state index in [0.29, 0.717) is 11.6 Å². The van der Waals surface area contributed by atoms with Crippen LogP contribution in [0.5, 0.6) is 0 Å². The van der Waals surface area contributed by atoms with E-state index in [9.17, 15) is 9.59 Å². The Balaban J connectivity index is 2.00. The molecular formula is C17H14BrClN2O2. The molecule has 2 aromatic rings. The number of amides is 2. The molecule has 2 aromatic carbocycles. The third-order valence-corrected chi connectivity index (χ3v) is 4.60. The van der Waals surface area contributed by atoms with Gasteiger partial charge in [0.2, 0.25) is 5.91 Å². The lowest BCUT2D eigenvalue weighted by Gasteiger charge is -2.19. The molecule has 0 saturated carbocycles. The standard InChI is InChI=1S/C17H14BrClN2O2/c1-10(22)20-16-13-8-12(18)6-7-15(13)21(17(16)23)9-11-4-2-3-5-14(11)19/h2-8,16H,9H2,1H3,(H,20,22)/t16-/m1/s1. The monoisotopic (exact) mass is 392 g/mol. The van der Waals surface area contributed by atoms with Crippen molar-refractivity contribution in [2.75, 3.05) is 4.90 Å². The number of anilines is 1. The SMILES string of the molecule is CC(=O)N[C@H]1C(=O)N(Cc2ccccc2Cl)c2ccc(Br)cc21. The molecule has 6 heteroatoms. The number of fused-ring (bicyclic) bond motifs is 1. The molecule has 0 aliphatic carbocycles. The molecule has 1 heterocycles. The van der Waals surface area contributed by atoms with Crippen LogP contribution in [0, 0.1) is 0 Å². The lowest BCUT2D eigenvalue weighted by molar-refractivity contribution is -0.126. The zero-order valence-corrected chi connectivity index (χ0v) is 14.7. The van der Waals surface area contributed by atoms with E-state index in [4.69, 9.17) is 11.6 Å². The van der Waals surface area contributed by atoms with Crippen LogP contribution < -0.4 is 10.2 Å². The van der Waals surface area contributed by atoms with Crippen molar-refractivity contribution in [1.82, 2.24) is 5.32 Å². The van der Waals surface area contributed by atoms with E-state index in [0.717, 1.165) is 21.3 Å². The second-order valence-corrected chi connectivity index (χ2v) is 6.68. The van der Waals surface area contributed by atoms with E-state index in [1.54, 1.807) is 11.0 Å². The van der Waals surface area contributed by atoms with Gasteiger partial charge in [-0.05, 0) is 29.8 Å². The van der Waals surface area contributed by atoms with Crippen LogP contribution in [0.2, 0.25) is 5.02 Å². The molecule has 1 N–H and O–H groups in total. The molecule has 3 rings (SSSR count). The molecule has 0 fully saturated rings. The zero-order valence-electron chi connectivity index (χ0n) is 12.3. The second kappa shape index (κ2) is 6.34. The summed E-state index contributed by atoms with van der Waals surface area (Å²) in [7, 11) is 0. The topological polar surface area (TPSA) is 49.4 Å². The van der Waals surface area contributed by atoms with Gasteiger partial charge in [-0.1, -0.05) is 45.7 Å². The summed E-state index contributed by atoms with van der Waals surface area (Å²) in [5.41, 5.74) is 2.43. The Hall–Kier alpha value is -1.85. The van der Waals surface area contributed by atoms with E-state index in [1.165, 1.54) is 6.92 Å². The first-order chi connectivity index (χ1) is 11.0. The van der Waals surface area contributed by atoms with Crippen molar-refractivity contribution in [3.63, 3.8) is 0 Å². The largest absolute Gasteiger partial charge is 0.341 e. The fourth-order valence-corrected chi connectivity index (χ4v) is 3.29. The number of hydrogen-bond donors (Lipinski definition) is 1. The highest BCUT2D eigenvalue weighted by Gasteiger charge is 2.38. The van der Waals surface area contributed by atoms with E-state index in [2.05, 4.69) is 21.2 Å². The van der Waals surface area contributed by atoms with Crippen molar-refractivity contribution >= 4 is 45.0 Å². The third kappa shape index (κ3) is 3.12. The van der Waals surface area contributed by atoms with Gasteiger partial charge in [-0.25, -0.2) is 0 Å². The quantitative estimate of drug-likeness (QED) is 0.861. The van der Waals surface area contributed by atoms with Crippen molar-refractivity contribution in [2.45, 2.75) is 19.5 Å². The number of nitrogens with zero attached hydrogens (tertiary/aromatic N) is 1. The highest BCUT2D eigenvalue weighted by atomic mass is 79.9. The molecule has 0 bridgehead atoms. The first-order valence-electron chi connectivity index (χ1n) is 7.08. The van der Waals surface area contributed by atoms with Gasteiger partial charge in [0, 0.05) is 27.7 Å².